The first-order valence-electron chi connectivity index (χ1n) is 3.80. The average molecular weight is 232 g/mol. The molecule has 0 aliphatic carbocycles. The minimum atomic E-state index is -0.214. The quantitative estimate of drug-likeness (QED) is 0.833. The Kier molecular flexibility index (Phi) is 3.23. The fourth-order valence-electron chi connectivity index (χ4n) is 1.02. The SMILES string of the molecule is CC(CN)c1cc(F)ccc1Br. The topological polar surface area (TPSA) is 26.0 Å². The Bertz CT molecular complexity index is 275. The van der Waals surface area contributed by atoms with Crippen molar-refractivity contribution in [3.8, 4) is 0 Å². The average Bonchev–Trinajstić information content (AvgIpc) is 2.08. The molecule has 0 fully saturated rings. The summed E-state index contributed by atoms with van der Waals surface area (Å²) in [6.07, 6.45) is 0. The number of benzene rings is 1. The van der Waals surface area contributed by atoms with Crippen LogP contribution in [0.1, 0.15) is 18.4 Å². The summed E-state index contributed by atoms with van der Waals surface area (Å²) in [5, 5.41) is 0. The Hall–Kier alpha value is -0.410. The van der Waals surface area contributed by atoms with Crippen LogP contribution in [0.4, 0.5) is 4.39 Å². The van der Waals surface area contributed by atoms with E-state index in [0.29, 0.717) is 6.54 Å². The van der Waals surface area contributed by atoms with Crippen molar-refractivity contribution in [3.05, 3.63) is 34.1 Å². The van der Waals surface area contributed by atoms with Gasteiger partial charge in [-0.2, -0.15) is 0 Å². The third kappa shape index (κ3) is 2.05. The number of nitrogens with two attached hydrogens (primary N) is 1. The zero-order chi connectivity index (χ0) is 9.14. The molecule has 2 N–H and O–H groups in total. The van der Waals surface area contributed by atoms with Gasteiger partial charge in [0.1, 0.15) is 5.82 Å². The first kappa shape index (κ1) is 9.68. The Balaban J connectivity index is 3.04. The molecule has 0 radical (unpaired) electrons. The summed E-state index contributed by atoms with van der Waals surface area (Å²) in [7, 11) is 0. The number of rotatable bonds is 2. The molecule has 66 valence electrons. The second kappa shape index (κ2) is 4.01. The standard InChI is InChI=1S/C9H11BrFN/c1-6(5-12)8-4-7(11)2-3-9(8)10/h2-4,6H,5,12H2,1H3. The van der Waals surface area contributed by atoms with E-state index in [1.807, 2.05) is 6.92 Å². The van der Waals surface area contributed by atoms with E-state index in [-0.39, 0.29) is 11.7 Å². The smallest absolute Gasteiger partial charge is 0.123 e. The highest BCUT2D eigenvalue weighted by Gasteiger charge is 2.07. The molecule has 0 saturated heterocycles. The van der Waals surface area contributed by atoms with Crippen LogP contribution in [0.3, 0.4) is 0 Å². The van der Waals surface area contributed by atoms with Crippen molar-refractivity contribution < 1.29 is 4.39 Å². The van der Waals surface area contributed by atoms with Crippen LogP contribution in [0, 0.1) is 5.82 Å². The molecular formula is C9H11BrFN. The molecule has 0 aromatic heterocycles. The number of halogens is 2. The molecule has 1 rings (SSSR count). The molecule has 0 heterocycles. The highest BCUT2D eigenvalue weighted by atomic mass is 79.9. The maximum atomic E-state index is 12.8. The number of hydrogen-bond donors (Lipinski definition) is 1. The summed E-state index contributed by atoms with van der Waals surface area (Å²) in [5.74, 6) is -0.0245. The van der Waals surface area contributed by atoms with Gasteiger partial charge in [-0.05, 0) is 36.2 Å². The molecule has 12 heavy (non-hydrogen) atoms. The first-order chi connectivity index (χ1) is 5.65. The van der Waals surface area contributed by atoms with E-state index in [0.717, 1.165) is 10.0 Å². The molecule has 0 saturated carbocycles. The zero-order valence-corrected chi connectivity index (χ0v) is 8.44. The maximum Gasteiger partial charge on any atom is 0.123 e. The van der Waals surface area contributed by atoms with E-state index in [2.05, 4.69) is 15.9 Å². The highest BCUT2D eigenvalue weighted by molar-refractivity contribution is 9.10. The van der Waals surface area contributed by atoms with Gasteiger partial charge >= 0.3 is 0 Å². The lowest BCUT2D eigenvalue weighted by atomic mass is 10.0. The lowest BCUT2D eigenvalue weighted by Gasteiger charge is -2.10. The van der Waals surface area contributed by atoms with Crippen molar-refractivity contribution >= 4 is 15.9 Å². The third-order valence-corrected chi connectivity index (χ3v) is 2.56. The van der Waals surface area contributed by atoms with E-state index in [1.165, 1.54) is 12.1 Å². The molecule has 3 heteroatoms. The lowest BCUT2D eigenvalue weighted by Crippen LogP contribution is -2.09. The molecule has 1 atom stereocenters. The van der Waals surface area contributed by atoms with Crippen LogP contribution in [0.25, 0.3) is 0 Å². The van der Waals surface area contributed by atoms with Crippen LogP contribution in [-0.2, 0) is 0 Å². The van der Waals surface area contributed by atoms with Crippen molar-refractivity contribution in [2.24, 2.45) is 5.73 Å². The number of hydrogen-bond acceptors (Lipinski definition) is 1. The Morgan fingerprint density at radius 1 is 1.58 bits per heavy atom. The molecular weight excluding hydrogens is 221 g/mol. The summed E-state index contributed by atoms with van der Waals surface area (Å²) in [4.78, 5) is 0. The van der Waals surface area contributed by atoms with Gasteiger partial charge in [0.2, 0.25) is 0 Å². The van der Waals surface area contributed by atoms with Crippen LogP contribution in [0.15, 0.2) is 22.7 Å². The predicted molar refractivity (Wildman–Crippen MR) is 51.6 cm³/mol. The molecule has 0 aliphatic rings. The summed E-state index contributed by atoms with van der Waals surface area (Å²) < 4.78 is 13.7. The van der Waals surface area contributed by atoms with Crippen molar-refractivity contribution in [3.63, 3.8) is 0 Å². The molecule has 1 nitrogen and oxygen atoms in total. The van der Waals surface area contributed by atoms with Crippen LogP contribution in [0.5, 0.6) is 0 Å². The van der Waals surface area contributed by atoms with E-state index in [9.17, 15) is 4.39 Å². The van der Waals surface area contributed by atoms with Gasteiger partial charge in [0, 0.05) is 4.47 Å². The van der Waals surface area contributed by atoms with Gasteiger partial charge in [-0.3, -0.25) is 0 Å². The van der Waals surface area contributed by atoms with Crippen molar-refractivity contribution in [2.45, 2.75) is 12.8 Å². The zero-order valence-electron chi connectivity index (χ0n) is 6.85. The van der Waals surface area contributed by atoms with E-state index in [1.54, 1.807) is 6.07 Å². The molecule has 0 bridgehead atoms. The normalized spacial score (nSPS) is 13.0. The minimum absolute atomic E-state index is 0.190. The molecule has 0 spiro atoms. The Labute approximate surface area is 79.9 Å². The maximum absolute atomic E-state index is 12.8. The molecule has 1 aromatic carbocycles. The van der Waals surface area contributed by atoms with Gasteiger partial charge < -0.3 is 5.73 Å². The van der Waals surface area contributed by atoms with Crippen LogP contribution < -0.4 is 5.73 Å². The molecule has 0 amide bonds. The second-order valence-corrected chi connectivity index (χ2v) is 3.66. The van der Waals surface area contributed by atoms with Gasteiger partial charge in [0.25, 0.3) is 0 Å². The van der Waals surface area contributed by atoms with Crippen molar-refractivity contribution in [1.82, 2.24) is 0 Å². The monoisotopic (exact) mass is 231 g/mol. The summed E-state index contributed by atoms with van der Waals surface area (Å²) in [6, 6.07) is 4.65. The molecule has 0 aliphatic heterocycles. The van der Waals surface area contributed by atoms with Crippen LogP contribution >= 0.6 is 15.9 Å². The summed E-state index contributed by atoms with van der Waals surface area (Å²) in [6.45, 7) is 2.50. The largest absolute Gasteiger partial charge is 0.330 e. The Morgan fingerprint density at radius 2 is 2.25 bits per heavy atom. The minimum Gasteiger partial charge on any atom is -0.330 e. The fraction of sp³-hybridized carbons (Fsp3) is 0.333. The summed E-state index contributed by atoms with van der Waals surface area (Å²) in [5.41, 5.74) is 6.41. The van der Waals surface area contributed by atoms with Gasteiger partial charge in [-0.25, -0.2) is 4.39 Å². The van der Waals surface area contributed by atoms with Crippen molar-refractivity contribution in [1.29, 1.82) is 0 Å². The van der Waals surface area contributed by atoms with E-state index >= 15 is 0 Å². The van der Waals surface area contributed by atoms with Gasteiger partial charge in [-0.1, -0.05) is 22.9 Å². The van der Waals surface area contributed by atoms with Crippen LogP contribution in [-0.4, -0.2) is 6.54 Å². The van der Waals surface area contributed by atoms with E-state index in [4.69, 9.17) is 5.73 Å². The fourth-order valence-corrected chi connectivity index (χ4v) is 1.66. The first-order valence-corrected chi connectivity index (χ1v) is 4.59. The van der Waals surface area contributed by atoms with Gasteiger partial charge in [-0.15, -0.1) is 0 Å². The predicted octanol–water partition coefficient (Wildman–Crippen LogP) is 2.65. The van der Waals surface area contributed by atoms with E-state index < -0.39 is 0 Å². The van der Waals surface area contributed by atoms with Gasteiger partial charge in [0.05, 0.1) is 0 Å². The third-order valence-electron chi connectivity index (χ3n) is 1.84. The lowest BCUT2D eigenvalue weighted by molar-refractivity contribution is 0.621. The molecule has 1 aromatic rings. The Morgan fingerprint density at radius 3 is 2.83 bits per heavy atom. The van der Waals surface area contributed by atoms with Crippen LogP contribution in [0.2, 0.25) is 0 Å². The van der Waals surface area contributed by atoms with Gasteiger partial charge in [0.15, 0.2) is 0 Å². The molecule has 1 unspecified atom stereocenters. The second-order valence-electron chi connectivity index (χ2n) is 2.80. The highest BCUT2D eigenvalue weighted by Crippen LogP contribution is 2.24. The summed E-state index contributed by atoms with van der Waals surface area (Å²) >= 11 is 3.35. The van der Waals surface area contributed by atoms with Crippen molar-refractivity contribution in [2.75, 3.05) is 6.54 Å².